The Kier molecular flexibility index (Phi) is 4.24. The third-order valence-corrected chi connectivity index (χ3v) is 2.62. The van der Waals surface area contributed by atoms with E-state index >= 15 is 0 Å². The number of benzene rings is 1. The highest BCUT2D eigenvalue weighted by molar-refractivity contribution is 5.93. The Morgan fingerprint density at radius 1 is 1.35 bits per heavy atom. The van der Waals surface area contributed by atoms with Crippen molar-refractivity contribution in [3.63, 3.8) is 0 Å². The summed E-state index contributed by atoms with van der Waals surface area (Å²) in [6.45, 7) is 3.39. The van der Waals surface area contributed by atoms with Gasteiger partial charge in [-0.25, -0.2) is 0 Å². The maximum absolute atomic E-state index is 12.0. The van der Waals surface area contributed by atoms with Crippen LogP contribution in [0.1, 0.15) is 12.7 Å². The first-order chi connectivity index (χ1) is 9.60. The summed E-state index contributed by atoms with van der Waals surface area (Å²) in [5.74, 6) is 1.75. The maximum Gasteiger partial charge on any atom is 0.266 e. The van der Waals surface area contributed by atoms with Crippen molar-refractivity contribution in [1.82, 2.24) is 5.16 Å². The molecule has 106 valence electrons. The lowest BCUT2D eigenvalue weighted by Gasteiger charge is -2.15. The van der Waals surface area contributed by atoms with E-state index in [2.05, 4.69) is 10.5 Å². The zero-order valence-electron chi connectivity index (χ0n) is 11.5. The second-order valence-corrected chi connectivity index (χ2v) is 4.22. The number of carbonyl (C=O) groups excluding carboxylic acids is 1. The van der Waals surface area contributed by atoms with Crippen LogP contribution in [0.15, 0.2) is 34.9 Å². The number of methoxy groups -OCH3 is 1. The Hall–Kier alpha value is -2.50. The van der Waals surface area contributed by atoms with Gasteiger partial charge in [-0.2, -0.15) is 0 Å². The van der Waals surface area contributed by atoms with E-state index in [1.165, 1.54) is 0 Å². The van der Waals surface area contributed by atoms with Crippen LogP contribution in [0, 0.1) is 6.92 Å². The highest BCUT2D eigenvalue weighted by Gasteiger charge is 2.17. The highest BCUT2D eigenvalue weighted by Crippen LogP contribution is 2.26. The third kappa shape index (κ3) is 3.28. The summed E-state index contributed by atoms with van der Waals surface area (Å²) in [5, 5.41) is 6.30. The minimum atomic E-state index is -0.691. The number of nitrogens with zero attached hydrogens (tertiary/aromatic N) is 1. The number of nitrogens with one attached hydrogen (secondary N) is 1. The Balaban J connectivity index is 2.00. The SMILES string of the molecule is COc1ccccc1O[C@@H](C)C(=O)Nc1cc(C)on1. The number of aryl methyl sites for hydroxylation is 1. The number of carbonyl (C=O) groups is 1. The average Bonchev–Trinajstić information content (AvgIpc) is 2.84. The molecule has 0 saturated heterocycles. The zero-order chi connectivity index (χ0) is 14.5. The van der Waals surface area contributed by atoms with E-state index in [0.717, 1.165) is 0 Å². The molecule has 0 spiro atoms. The van der Waals surface area contributed by atoms with E-state index in [9.17, 15) is 4.79 Å². The van der Waals surface area contributed by atoms with Crippen LogP contribution in [-0.2, 0) is 4.79 Å². The van der Waals surface area contributed by atoms with E-state index < -0.39 is 6.10 Å². The second kappa shape index (κ2) is 6.10. The van der Waals surface area contributed by atoms with Gasteiger partial charge in [0.15, 0.2) is 23.4 Å². The molecule has 0 bridgehead atoms. The maximum atomic E-state index is 12.0. The van der Waals surface area contributed by atoms with E-state index in [1.54, 1.807) is 39.2 Å². The minimum absolute atomic E-state index is 0.316. The fourth-order valence-corrected chi connectivity index (χ4v) is 1.61. The van der Waals surface area contributed by atoms with Crippen LogP contribution in [0.3, 0.4) is 0 Å². The average molecular weight is 276 g/mol. The zero-order valence-corrected chi connectivity index (χ0v) is 11.5. The number of aromatic nitrogens is 1. The second-order valence-electron chi connectivity index (χ2n) is 4.22. The van der Waals surface area contributed by atoms with Gasteiger partial charge in [0.05, 0.1) is 7.11 Å². The van der Waals surface area contributed by atoms with Crippen LogP contribution in [0.5, 0.6) is 11.5 Å². The van der Waals surface area contributed by atoms with Crippen molar-refractivity contribution in [3.8, 4) is 11.5 Å². The van der Waals surface area contributed by atoms with Crippen LogP contribution >= 0.6 is 0 Å². The molecule has 1 aromatic carbocycles. The predicted molar refractivity (Wildman–Crippen MR) is 73.0 cm³/mol. The van der Waals surface area contributed by atoms with Crippen molar-refractivity contribution >= 4 is 11.7 Å². The first-order valence-corrected chi connectivity index (χ1v) is 6.14. The number of anilines is 1. The molecular weight excluding hydrogens is 260 g/mol. The van der Waals surface area contributed by atoms with E-state index in [4.69, 9.17) is 14.0 Å². The molecule has 6 heteroatoms. The molecule has 1 aromatic heterocycles. The van der Waals surface area contributed by atoms with Crippen LogP contribution in [0.25, 0.3) is 0 Å². The lowest BCUT2D eigenvalue weighted by Crippen LogP contribution is -2.30. The van der Waals surface area contributed by atoms with Gasteiger partial charge in [-0.1, -0.05) is 17.3 Å². The third-order valence-electron chi connectivity index (χ3n) is 2.62. The Morgan fingerprint density at radius 2 is 2.05 bits per heavy atom. The minimum Gasteiger partial charge on any atom is -0.493 e. The normalized spacial score (nSPS) is 11.8. The Morgan fingerprint density at radius 3 is 2.65 bits per heavy atom. The molecule has 6 nitrogen and oxygen atoms in total. The van der Waals surface area contributed by atoms with Crippen molar-refractivity contribution in [2.24, 2.45) is 0 Å². The molecule has 20 heavy (non-hydrogen) atoms. The van der Waals surface area contributed by atoms with Gasteiger partial charge in [-0.3, -0.25) is 4.79 Å². The summed E-state index contributed by atoms with van der Waals surface area (Å²) in [5.41, 5.74) is 0. The number of hydrogen-bond donors (Lipinski definition) is 1. The van der Waals surface area contributed by atoms with Crippen LogP contribution in [0.2, 0.25) is 0 Å². The molecule has 1 atom stereocenters. The number of rotatable bonds is 5. The van der Waals surface area contributed by atoms with Crippen molar-refractivity contribution in [3.05, 3.63) is 36.1 Å². The fourth-order valence-electron chi connectivity index (χ4n) is 1.61. The molecule has 1 amide bonds. The molecule has 0 saturated carbocycles. The highest BCUT2D eigenvalue weighted by atomic mass is 16.5. The van der Waals surface area contributed by atoms with Crippen LogP contribution in [-0.4, -0.2) is 24.3 Å². The molecule has 0 aliphatic carbocycles. The van der Waals surface area contributed by atoms with Gasteiger partial charge < -0.3 is 19.3 Å². The molecule has 0 aliphatic heterocycles. The van der Waals surface area contributed by atoms with Crippen molar-refractivity contribution in [1.29, 1.82) is 0 Å². The van der Waals surface area contributed by atoms with E-state index in [-0.39, 0.29) is 5.91 Å². The number of hydrogen-bond acceptors (Lipinski definition) is 5. The molecule has 0 aliphatic rings. The molecule has 1 N–H and O–H groups in total. The Labute approximate surface area is 116 Å². The molecule has 0 fully saturated rings. The van der Waals surface area contributed by atoms with E-state index in [0.29, 0.717) is 23.1 Å². The van der Waals surface area contributed by atoms with Crippen molar-refractivity contribution in [2.45, 2.75) is 20.0 Å². The first-order valence-electron chi connectivity index (χ1n) is 6.14. The molecular formula is C14H16N2O4. The number of amides is 1. The fraction of sp³-hybridized carbons (Fsp3) is 0.286. The van der Waals surface area contributed by atoms with Gasteiger partial charge in [0, 0.05) is 6.07 Å². The van der Waals surface area contributed by atoms with Gasteiger partial charge >= 0.3 is 0 Å². The van der Waals surface area contributed by atoms with Gasteiger partial charge in [0.2, 0.25) is 0 Å². The van der Waals surface area contributed by atoms with Crippen molar-refractivity contribution < 1.29 is 18.8 Å². The monoisotopic (exact) mass is 276 g/mol. The van der Waals surface area contributed by atoms with Gasteiger partial charge in [0.1, 0.15) is 5.76 Å². The van der Waals surface area contributed by atoms with Crippen molar-refractivity contribution in [2.75, 3.05) is 12.4 Å². The molecule has 1 heterocycles. The summed E-state index contributed by atoms with van der Waals surface area (Å²) >= 11 is 0. The lowest BCUT2D eigenvalue weighted by molar-refractivity contribution is -0.122. The van der Waals surface area contributed by atoms with Gasteiger partial charge in [-0.05, 0) is 26.0 Å². The van der Waals surface area contributed by atoms with Gasteiger partial charge in [0.25, 0.3) is 5.91 Å². The smallest absolute Gasteiger partial charge is 0.266 e. The van der Waals surface area contributed by atoms with Gasteiger partial charge in [-0.15, -0.1) is 0 Å². The summed E-state index contributed by atoms with van der Waals surface area (Å²) in [6.07, 6.45) is -0.691. The predicted octanol–water partition coefficient (Wildman–Crippen LogP) is 2.40. The van der Waals surface area contributed by atoms with Crippen LogP contribution < -0.4 is 14.8 Å². The lowest BCUT2D eigenvalue weighted by atomic mass is 10.3. The molecule has 2 rings (SSSR count). The topological polar surface area (TPSA) is 73.6 Å². The van der Waals surface area contributed by atoms with E-state index in [1.807, 2.05) is 12.1 Å². The summed E-state index contributed by atoms with van der Waals surface area (Å²) in [6, 6.07) is 8.77. The first kappa shape index (κ1) is 13.9. The summed E-state index contributed by atoms with van der Waals surface area (Å²) in [7, 11) is 1.55. The van der Waals surface area contributed by atoms with Crippen LogP contribution in [0.4, 0.5) is 5.82 Å². The molecule has 2 aromatic rings. The quantitative estimate of drug-likeness (QED) is 0.907. The summed E-state index contributed by atoms with van der Waals surface area (Å²) in [4.78, 5) is 12.0. The Bertz CT molecular complexity index is 594. The molecule has 0 radical (unpaired) electrons. The number of para-hydroxylation sites is 2. The summed E-state index contributed by atoms with van der Waals surface area (Å²) < 4.78 is 15.6. The number of ether oxygens (including phenoxy) is 2. The standard InChI is InChI=1S/C14H16N2O4/c1-9-8-13(16-20-9)15-14(17)10(2)19-12-7-5-4-6-11(12)18-3/h4-8,10H,1-3H3,(H,15,16,17)/t10-/m0/s1. The largest absolute Gasteiger partial charge is 0.493 e. The molecule has 0 unspecified atom stereocenters.